The topological polar surface area (TPSA) is 58.4 Å². The predicted molar refractivity (Wildman–Crippen MR) is 86.5 cm³/mol. The number of nitrogens with two attached hydrogens (primary N) is 1. The number of carbonyl (C=O) groups excluding carboxylic acids is 1. The molecule has 0 saturated heterocycles. The molecular formula is C15H24BrN3O. The van der Waals surface area contributed by atoms with E-state index < -0.39 is 0 Å². The number of halogens is 1. The molecule has 0 aliphatic rings. The fourth-order valence-electron chi connectivity index (χ4n) is 2.28. The Bertz CT molecular complexity index is 437. The van der Waals surface area contributed by atoms with Gasteiger partial charge in [-0.1, -0.05) is 41.1 Å². The summed E-state index contributed by atoms with van der Waals surface area (Å²) >= 11 is 3.56. The van der Waals surface area contributed by atoms with Crippen molar-refractivity contribution < 1.29 is 4.79 Å². The van der Waals surface area contributed by atoms with Crippen molar-refractivity contribution in [2.24, 2.45) is 5.73 Å². The van der Waals surface area contributed by atoms with Crippen LogP contribution in [0.3, 0.4) is 0 Å². The van der Waals surface area contributed by atoms with Crippen LogP contribution < -0.4 is 11.1 Å². The van der Waals surface area contributed by atoms with Crippen molar-refractivity contribution in [1.82, 2.24) is 10.2 Å². The van der Waals surface area contributed by atoms with E-state index in [9.17, 15) is 4.79 Å². The van der Waals surface area contributed by atoms with Crippen LogP contribution in [-0.2, 0) is 4.79 Å². The number of nitrogens with one attached hydrogen (secondary N) is 1. The number of nitrogens with zero attached hydrogens (tertiary/aromatic N) is 1. The first kappa shape index (κ1) is 17.1. The molecule has 0 bridgehead atoms. The van der Waals surface area contributed by atoms with Crippen LogP contribution in [0.5, 0.6) is 0 Å². The molecule has 2 unspecified atom stereocenters. The largest absolute Gasteiger partial charge is 0.355 e. The summed E-state index contributed by atoms with van der Waals surface area (Å²) in [5.74, 6) is 0.0343. The second-order valence-corrected chi connectivity index (χ2v) is 5.94. The van der Waals surface area contributed by atoms with Crippen molar-refractivity contribution >= 4 is 21.8 Å². The number of amides is 1. The molecule has 0 heterocycles. The summed E-state index contributed by atoms with van der Waals surface area (Å²) < 4.78 is 1.02. The van der Waals surface area contributed by atoms with E-state index in [1.807, 2.05) is 50.1 Å². The Kier molecular flexibility index (Phi) is 7.19. The third-order valence-corrected chi connectivity index (χ3v) is 3.88. The van der Waals surface area contributed by atoms with Crippen LogP contribution in [0.2, 0.25) is 0 Å². The van der Waals surface area contributed by atoms with Crippen LogP contribution in [0.4, 0.5) is 0 Å². The van der Waals surface area contributed by atoms with Gasteiger partial charge in [0.05, 0.1) is 12.6 Å². The van der Waals surface area contributed by atoms with Crippen LogP contribution in [0.1, 0.15) is 31.9 Å². The normalized spacial score (nSPS) is 14.1. The van der Waals surface area contributed by atoms with Crippen LogP contribution in [0, 0.1) is 0 Å². The Morgan fingerprint density at radius 2 is 2.10 bits per heavy atom. The molecule has 1 amide bonds. The van der Waals surface area contributed by atoms with Crippen LogP contribution >= 0.6 is 15.9 Å². The number of hydrogen-bond donors (Lipinski definition) is 2. The first-order valence-corrected chi connectivity index (χ1v) is 7.73. The molecule has 1 aromatic rings. The summed E-state index contributed by atoms with van der Waals surface area (Å²) in [7, 11) is 1.93. The zero-order chi connectivity index (χ0) is 15.1. The summed E-state index contributed by atoms with van der Waals surface area (Å²) in [6.45, 7) is 5.05. The third-order valence-electron chi connectivity index (χ3n) is 3.16. The number of likely N-dealkylation sites (N-methyl/N-ethyl adjacent to an activating group) is 1. The summed E-state index contributed by atoms with van der Waals surface area (Å²) in [5.41, 5.74) is 7.23. The molecule has 20 heavy (non-hydrogen) atoms. The van der Waals surface area contributed by atoms with Gasteiger partial charge in [0.25, 0.3) is 0 Å². The molecule has 0 aromatic heterocycles. The molecule has 1 aromatic carbocycles. The molecular weight excluding hydrogens is 318 g/mol. The number of carbonyl (C=O) groups is 1. The average molecular weight is 342 g/mol. The van der Waals surface area contributed by atoms with Gasteiger partial charge < -0.3 is 11.1 Å². The minimum absolute atomic E-state index is 0.00190. The summed E-state index contributed by atoms with van der Waals surface area (Å²) in [4.78, 5) is 13.8. The highest BCUT2D eigenvalue weighted by atomic mass is 79.9. The fraction of sp³-hybridized carbons (Fsp3) is 0.533. The van der Waals surface area contributed by atoms with E-state index in [2.05, 4.69) is 21.2 Å². The van der Waals surface area contributed by atoms with Gasteiger partial charge in [-0.3, -0.25) is 9.69 Å². The van der Waals surface area contributed by atoms with E-state index in [1.54, 1.807) is 0 Å². The molecule has 1 rings (SSSR count). The Morgan fingerprint density at radius 3 is 2.65 bits per heavy atom. The second-order valence-electron chi connectivity index (χ2n) is 5.09. The van der Waals surface area contributed by atoms with Crippen LogP contribution in [0.25, 0.3) is 0 Å². The molecule has 0 aliphatic heterocycles. The Hall–Kier alpha value is -0.910. The molecule has 112 valence electrons. The van der Waals surface area contributed by atoms with Crippen molar-refractivity contribution in [2.45, 2.75) is 32.4 Å². The highest BCUT2D eigenvalue weighted by Crippen LogP contribution is 2.28. The zero-order valence-corrected chi connectivity index (χ0v) is 14.0. The summed E-state index contributed by atoms with van der Waals surface area (Å²) in [5, 5.41) is 2.89. The second kappa shape index (κ2) is 8.39. The van der Waals surface area contributed by atoms with E-state index in [4.69, 9.17) is 5.73 Å². The monoisotopic (exact) mass is 341 g/mol. The molecule has 5 heteroatoms. The highest BCUT2D eigenvalue weighted by molar-refractivity contribution is 9.10. The third kappa shape index (κ3) is 4.89. The van der Waals surface area contributed by atoms with Crippen molar-refractivity contribution in [3.05, 3.63) is 34.3 Å². The summed E-state index contributed by atoms with van der Waals surface area (Å²) in [6.07, 6.45) is 0.941. The predicted octanol–water partition coefficient (Wildman–Crippen LogP) is 2.30. The molecule has 3 N–H and O–H groups in total. The standard InChI is InChI=1S/C15H24BrN3O/c1-4-9-18-14(20)10-19(3)15(11(2)17)12-7-5-6-8-13(12)16/h5-8,11,15H,4,9-10,17H2,1-3H3,(H,18,20). The van der Waals surface area contributed by atoms with Crippen LogP contribution in [-0.4, -0.2) is 37.0 Å². The first-order valence-electron chi connectivity index (χ1n) is 6.94. The minimum atomic E-state index is -0.0716. The van der Waals surface area contributed by atoms with Crippen LogP contribution in [0.15, 0.2) is 28.7 Å². The lowest BCUT2D eigenvalue weighted by Crippen LogP contribution is -2.43. The molecule has 4 nitrogen and oxygen atoms in total. The fourth-order valence-corrected chi connectivity index (χ4v) is 2.80. The van der Waals surface area contributed by atoms with E-state index in [1.165, 1.54) is 0 Å². The van der Waals surface area contributed by atoms with Gasteiger partial charge in [-0.05, 0) is 32.0 Å². The number of benzene rings is 1. The first-order chi connectivity index (χ1) is 9.47. The molecule has 0 radical (unpaired) electrons. The van der Waals surface area contributed by atoms with Gasteiger partial charge in [0.2, 0.25) is 5.91 Å². The van der Waals surface area contributed by atoms with Gasteiger partial charge in [-0.15, -0.1) is 0 Å². The lowest BCUT2D eigenvalue weighted by molar-refractivity contribution is -0.122. The maximum absolute atomic E-state index is 11.9. The highest BCUT2D eigenvalue weighted by Gasteiger charge is 2.24. The van der Waals surface area contributed by atoms with E-state index in [0.717, 1.165) is 16.5 Å². The maximum Gasteiger partial charge on any atom is 0.234 e. The van der Waals surface area contributed by atoms with Crippen molar-refractivity contribution in [3.63, 3.8) is 0 Å². The van der Waals surface area contributed by atoms with E-state index in [-0.39, 0.29) is 18.0 Å². The SMILES string of the molecule is CCCNC(=O)CN(C)C(c1ccccc1Br)C(C)N. The quantitative estimate of drug-likeness (QED) is 0.799. The van der Waals surface area contributed by atoms with E-state index >= 15 is 0 Å². The van der Waals surface area contributed by atoms with Gasteiger partial charge in [-0.2, -0.15) is 0 Å². The van der Waals surface area contributed by atoms with Crippen molar-refractivity contribution in [2.75, 3.05) is 20.1 Å². The lowest BCUT2D eigenvalue weighted by Gasteiger charge is -2.31. The zero-order valence-electron chi connectivity index (χ0n) is 12.4. The Morgan fingerprint density at radius 1 is 1.45 bits per heavy atom. The van der Waals surface area contributed by atoms with E-state index in [0.29, 0.717) is 13.1 Å². The minimum Gasteiger partial charge on any atom is -0.355 e. The van der Waals surface area contributed by atoms with Crippen molar-refractivity contribution in [3.8, 4) is 0 Å². The molecule has 0 fully saturated rings. The Labute approximate surface area is 129 Å². The molecule has 0 saturated carbocycles. The summed E-state index contributed by atoms with van der Waals surface area (Å²) in [6, 6.07) is 7.92. The lowest BCUT2D eigenvalue weighted by atomic mass is 9.99. The molecule has 0 spiro atoms. The van der Waals surface area contributed by atoms with Gasteiger partial charge in [0.1, 0.15) is 0 Å². The van der Waals surface area contributed by atoms with Crippen molar-refractivity contribution in [1.29, 1.82) is 0 Å². The smallest absolute Gasteiger partial charge is 0.234 e. The van der Waals surface area contributed by atoms with Gasteiger partial charge in [-0.25, -0.2) is 0 Å². The number of rotatable bonds is 7. The molecule has 2 atom stereocenters. The Balaban J connectivity index is 2.81. The maximum atomic E-state index is 11.9. The van der Waals surface area contributed by atoms with Gasteiger partial charge >= 0.3 is 0 Å². The van der Waals surface area contributed by atoms with Gasteiger partial charge in [0, 0.05) is 17.1 Å². The number of hydrogen-bond acceptors (Lipinski definition) is 3. The van der Waals surface area contributed by atoms with Gasteiger partial charge in [0.15, 0.2) is 0 Å². The average Bonchev–Trinajstić information content (AvgIpc) is 2.38. The molecule has 0 aliphatic carbocycles.